The molecule has 0 atom stereocenters. The third-order valence-corrected chi connectivity index (χ3v) is 2.51. The van der Waals surface area contributed by atoms with E-state index in [0.717, 1.165) is 11.5 Å². The van der Waals surface area contributed by atoms with Gasteiger partial charge in [0, 0.05) is 0 Å². The van der Waals surface area contributed by atoms with Gasteiger partial charge in [-0.05, 0) is 32.9 Å². The van der Waals surface area contributed by atoms with Crippen LogP contribution in [0.2, 0.25) is 0 Å². The lowest BCUT2D eigenvalue weighted by atomic mass is 10.4. The molecule has 2 heterocycles. The van der Waals surface area contributed by atoms with E-state index in [2.05, 4.69) is 5.10 Å². The van der Waals surface area contributed by atoms with Crippen molar-refractivity contribution >= 4 is 5.69 Å². The Morgan fingerprint density at radius 1 is 1.53 bits per heavy atom. The van der Waals surface area contributed by atoms with Crippen molar-refractivity contribution in [1.29, 1.82) is 0 Å². The number of hydrogen-bond acceptors (Lipinski definition) is 4. The van der Waals surface area contributed by atoms with Crippen molar-refractivity contribution in [3.8, 4) is 5.88 Å². The van der Waals surface area contributed by atoms with E-state index in [-0.39, 0.29) is 6.04 Å². The fourth-order valence-electron chi connectivity index (χ4n) is 1.57. The van der Waals surface area contributed by atoms with Crippen LogP contribution in [-0.4, -0.2) is 9.78 Å². The van der Waals surface area contributed by atoms with Crippen LogP contribution in [0.25, 0.3) is 0 Å². The maximum absolute atomic E-state index is 5.94. The number of nitrogens with two attached hydrogens (primary N) is 1. The van der Waals surface area contributed by atoms with Gasteiger partial charge in [0.05, 0.1) is 18.0 Å². The van der Waals surface area contributed by atoms with E-state index in [1.54, 1.807) is 10.9 Å². The zero-order chi connectivity index (χ0) is 12.4. The molecular formula is C12H17N3O2. The summed E-state index contributed by atoms with van der Waals surface area (Å²) in [5, 5.41) is 4.35. The largest absolute Gasteiger partial charge is 0.468 e. The third-order valence-electron chi connectivity index (χ3n) is 2.51. The molecule has 92 valence electrons. The van der Waals surface area contributed by atoms with E-state index in [9.17, 15) is 0 Å². The number of nitrogens with zero attached hydrogens (tertiary/aromatic N) is 2. The van der Waals surface area contributed by atoms with Crippen LogP contribution in [0, 0.1) is 6.92 Å². The number of hydrogen-bond donors (Lipinski definition) is 1. The van der Waals surface area contributed by atoms with E-state index in [1.165, 1.54) is 0 Å². The fraction of sp³-hybridized carbons (Fsp3) is 0.417. The number of nitrogen functional groups attached to an aromatic ring is 1. The van der Waals surface area contributed by atoms with Crippen LogP contribution in [0.5, 0.6) is 5.88 Å². The molecule has 0 aliphatic heterocycles. The lowest BCUT2D eigenvalue weighted by molar-refractivity contribution is 0.240. The van der Waals surface area contributed by atoms with Gasteiger partial charge in [-0.3, -0.25) is 0 Å². The fourth-order valence-corrected chi connectivity index (χ4v) is 1.57. The minimum absolute atomic E-state index is 0.206. The monoisotopic (exact) mass is 235 g/mol. The van der Waals surface area contributed by atoms with Crippen molar-refractivity contribution in [2.45, 2.75) is 33.4 Å². The lowest BCUT2D eigenvalue weighted by Gasteiger charge is -2.11. The molecule has 0 spiro atoms. The first-order chi connectivity index (χ1) is 8.09. The standard InChI is InChI=1S/C12H17N3O2/c1-8(2)15-12(11(13)9(3)14-15)17-7-10-5-4-6-16-10/h4-6,8H,7,13H2,1-3H3. The molecule has 5 nitrogen and oxygen atoms in total. The van der Waals surface area contributed by atoms with Crippen molar-refractivity contribution in [2.24, 2.45) is 0 Å². The van der Waals surface area contributed by atoms with Crippen LogP contribution in [0.3, 0.4) is 0 Å². The number of rotatable bonds is 4. The quantitative estimate of drug-likeness (QED) is 0.884. The molecular weight excluding hydrogens is 218 g/mol. The van der Waals surface area contributed by atoms with Crippen molar-refractivity contribution in [2.75, 3.05) is 5.73 Å². The summed E-state index contributed by atoms with van der Waals surface area (Å²) >= 11 is 0. The Labute approximate surface area is 100 Å². The molecule has 0 bridgehead atoms. The maximum Gasteiger partial charge on any atom is 0.236 e. The molecule has 0 aliphatic rings. The minimum Gasteiger partial charge on any atom is -0.468 e. The van der Waals surface area contributed by atoms with Gasteiger partial charge in [0.2, 0.25) is 5.88 Å². The van der Waals surface area contributed by atoms with E-state index >= 15 is 0 Å². The van der Waals surface area contributed by atoms with Gasteiger partial charge in [0.25, 0.3) is 0 Å². The second kappa shape index (κ2) is 4.53. The highest BCUT2D eigenvalue weighted by atomic mass is 16.5. The Balaban J connectivity index is 2.19. The van der Waals surface area contributed by atoms with Crippen LogP contribution < -0.4 is 10.5 Å². The molecule has 5 heteroatoms. The van der Waals surface area contributed by atoms with Gasteiger partial charge in [-0.1, -0.05) is 0 Å². The van der Waals surface area contributed by atoms with E-state index in [4.69, 9.17) is 14.9 Å². The SMILES string of the molecule is Cc1nn(C(C)C)c(OCc2ccco2)c1N. The molecule has 0 unspecified atom stereocenters. The van der Waals surface area contributed by atoms with Gasteiger partial charge >= 0.3 is 0 Å². The van der Waals surface area contributed by atoms with Gasteiger partial charge in [-0.25, -0.2) is 4.68 Å². The number of aromatic nitrogens is 2. The second-order valence-corrected chi connectivity index (χ2v) is 4.21. The summed E-state index contributed by atoms with van der Waals surface area (Å²) < 4.78 is 12.7. The van der Waals surface area contributed by atoms with Crippen LogP contribution in [-0.2, 0) is 6.61 Å². The molecule has 0 aliphatic carbocycles. The first-order valence-electron chi connectivity index (χ1n) is 5.59. The predicted molar refractivity (Wildman–Crippen MR) is 64.8 cm³/mol. The summed E-state index contributed by atoms with van der Waals surface area (Å²) in [4.78, 5) is 0. The van der Waals surface area contributed by atoms with E-state index < -0.39 is 0 Å². The van der Waals surface area contributed by atoms with Gasteiger partial charge in [-0.15, -0.1) is 0 Å². The summed E-state index contributed by atoms with van der Waals surface area (Å²) in [6.07, 6.45) is 1.62. The highest BCUT2D eigenvalue weighted by Crippen LogP contribution is 2.28. The summed E-state index contributed by atoms with van der Waals surface area (Å²) in [5.74, 6) is 1.37. The third kappa shape index (κ3) is 2.27. The van der Waals surface area contributed by atoms with Gasteiger partial charge in [0.15, 0.2) is 0 Å². The van der Waals surface area contributed by atoms with Crippen molar-refractivity contribution in [1.82, 2.24) is 9.78 Å². The molecule has 0 saturated heterocycles. The molecule has 0 saturated carbocycles. The molecule has 2 aromatic rings. The molecule has 0 radical (unpaired) electrons. The minimum atomic E-state index is 0.206. The summed E-state index contributed by atoms with van der Waals surface area (Å²) in [6.45, 7) is 6.29. The predicted octanol–water partition coefficient (Wildman–Crippen LogP) is 2.53. The molecule has 2 rings (SSSR count). The zero-order valence-corrected chi connectivity index (χ0v) is 10.3. The number of furan rings is 1. The lowest BCUT2D eigenvalue weighted by Crippen LogP contribution is -2.07. The van der Waals surface area contributed by atoms with Crippen LogP contribution in [0.1, 0.15) is 31.3 Å². The number of anilines is 1. The topological polar surface area (TPSA) is 66.2 Å². The molecule has 17 heavy (non-hydrogen) atoms. The Morgan fingerprint density at radius 3 is 2.88 bits per heavy atom. The van der Waals surface area contributed by atoms with E-state index in [1.807, 2.05) is 32.9 Å². The maximum atomic E-state index is 5.94. The molecule has 2 aromatic heterocycles. The first kappa shape index (κ1) is 11.6. The average Bonchev–Trinajstić information content (AvgIpc) is 2.87. The van der Waals surface area contributed by atoms with E-state index in [0.29, 0.717) is 18.2 Å². The summed E-state index contributed by atoms with van der Waals surface area (Å²) in [5.41, 5.74) is 7.32. The normalized spacial score (nSPS) is 11.1. The smallest absolute Gasteiger partial charge is 0.236 e. The molecule has 2 N–H and O–H groups in total. The molecule has 0 fully saturated rings. The highest BCUT2D eigenvalue weighted by molar-refractivity contribution is 5.52. The van der Waals surface area contributed by atoms with Gasteiger partial charge in [-0.2, -0.15) is 5.10 Å². The Morgan fingerprint density at radius 2 is 2.29 bits per heavy atom. The summed E-state index contributed by atoms with van der Waals surface area (Å²) in [7, 11) is 0. The van der Waals surface area contributed by atoms with Crippen molar-refractivity contribution < 1.29 is 9.15 Å². The summed E-state index contributed by atoms with van der Waals surface area (Å²) in [6, 6.07) is 3.89. The van der Waals surface area contributed by atoms with Crippen LogP contribution in [0.4, 0.5) is 5.69 Å². The average molecular weight is 235 g/mol. The van der Waals surface area contributed by atoms with Crippen LogP contribution >= 0.6 is 0 Å². The van der Waals surface area contributed by atoms with Gasteiger partial charge < -0.3 is 14.9 Å². The van der Waals surface area contributed by atoms with Crippen molar-refractivity contribution in [3.63, 3.8) is 0 Å². The Hall–Kier alpha value is -1.91. The van der Waals surface area contributed by atoms with Crippen LogP contribution in [0.15, 0.2) is 22.8 Å². The second-order valence-electron chi connectivity index (χ2n) is 4.21. The Kier molecular flexibility index (Phi) is 3.08. The number of aryl methyl sites for hydroxylation is 1. The Bertz CT molecular complexity index is 486. The molecule has 0 amide bonds. The first-order valence-corrected chi connectivity index (χ1v) is 5.59. The highest BCUT2D eigenvalue weighted by Gasteiger charge is 2.16. The zero-order valence-electron chi connectivity index (χ0n) is 10.3. The van der Waals surface area contributed by atoms with Gasteiger partial charge in [0.1, 0.15) is 18.1 Å². The molecule has 0 aromatic carbocycles. The van der Waals surface area contributed by atoms with Crippen molar-refractivity contribution in [3.05, 3.63) is 29.9 Å². The number of ether oxygens (including phenoxy) is 1.